The first-order valence-electron chi connectivity index (χ1n) is 7.89. The Morgan fingerprint density at radius 1 is 1.35 bits per heavy atom. The lowest BCUT2D eigenvalue weighted by molar-refractivity contribution is 0.0908. The summed E-state index contributed by atoms with van der Waals surface area (Å²) < 4.78 is 19.3. The molecule has 6 heteroatoms. The van der Waals surface area contributed by atoms with Crippen molar-refractivity contribution < 1.29 is 13.9 Å². The second-order valence-electron chi connectivity index (χ2n) is 5.90. The smallest absolute Gasteiger partial charge is 0.253 e. The second-order valence-corrected chi connectivity index (χ2v) is 5.90. The van der Waals surface area contributed by atoms with E-state index in [9.17, 15) is 9.18 Å². The topological polar surface area (TPSA) is 64.1 Å². The second kappa shape index (κ2) is 6.58. The number of hydrogen-bond acceptors (Lipinski definition) is 4. The highest BCUT2D eigenvalue weighted by atomic mass is 19.1. The zero-order valence-electron chi connectivity index (χ0n) is 13.4. The number of nitrogens with zero attached hydrogens (tertiary/aromatic N) is 2. The number of halogens is 1. The molecule has 1 amide bonds. The first kappa shape index (κ1) is 15.8. The zero-order valence-corrected chi connectivity index (χ0v) is 13.4. The highest BCUT2D eigenvalue weighted by Gasteiger charge is 2.18. The molecule has 2 heterocycles. The van der Waals surface area contributed by atoms with Crippen molar-refractivity contribution in [3.05, 3.63) is 34.9 Å². The largest absolute Gasteiger partial charge is 0.378 e. The van der Waals surface area contributed by atoms with Crippen molar-refractivity contribution in [2.45, 2.75) is 39.2 Å². The van der Waals surface area contributed by atoms with E-state index in [1.165, 1.54) is 12.1 Å². The summed E-state index contributed by atoms with van der Waals surface area (Å²) in [5, 5.41) is 2.83. The minimum Gasteiger partial charge on any atom is -0.378 e. The number of aromatic nitrogens is 2. The number of fused-ring (bicyclic) bond motifs is 1. The van der Waals surface area contributed by atoms with Crippen LogP contribution < -0.4 is 5.32 Å². The number of hydrogen-bond donors (Lipinski definition) is 1. The number of aryl methyl sites for hydroxylation is 2. The van der Waals surface area contributed by atoms with Gasteiger partial charge < -0.3 is 10.1 Å². The van der Waals surface area contributed by atoms with Crippen LogP contribution in [-0.2, 0) is 4.74 Å². The SMILES string of the molecule is Cc1nc2cc(F)cc(C(=O)NCC[C@@H]3CCCO3)c2nc1C. The third kappa shape index (κ3) is 3.47. The van der Waals surface area contributed by atoms with E-state index in [1.54, 1.807) is 0 Å². The summed E-state index contributed by atoms with van der Waals surface area (Å²) in [4.78, 5) is 21.1. The van der Waals surface area contributed by atoms with Crippen LogP contribution in [0.15, 0.2) is 12.1 Å². The van der Waals surface area contributed by atoms with Crippen LogP contribution >= 0.6 is 0 Å². The molecule has 1 saturated heterocycles. The zero-order chi connectivity index (χ0) is 16.4. The maximum absolute atomic E-state index is 13.8. The van der Waals surface area contributed by atoms with E-state index in [0.717, 1.165) is 37.3 Å². The Morgan fingerprint density at radius 3 is 2.87 bits per heavy atom. The van der Waals surface area contributed by atoms with Gasteiger partial charge in [0.1, 0.15) is 11.3 Å². The molecule has 23 heavy (non-hydrogen) atoms. The molecule has 122 valence electrons. The van der Waals surface area contributed by atoms with Gasteiger partial charge in [0.05, 0.1) is 28.6 Å². The summed E-state index contributed by atoms with van der Waals surface area (Å²) in [7, 11) is 0. The molecule has 1 aromatic carbocycles. The third-order valence-electron chi connectivity index (χ3n) is 4.17. The molecule has 0 spiro atoms. The molecule has 0 saturated carbocycles. The van der Waals surface area contributed by atoms with Crippen LogP contribution in [0.2, 0.25) is 0 Å². The van der Waals surface area contributed by atoms with Gasteiger partial charge in [0, 0.05) is 19.2 Å². The molecule has 1 N–H and O–H groups in total. The van der Waals surface area contributed by atoms with Crippen molar-refractivity contribution in [3.63, 3.8) is 0 Å². The Morgan fingerprint density at radius 2 is 2.13 bits per heavy atom. The molecule has 2 aromatic rings. The number of benzene rings is 1. The molecule has 0 aliphatic carbocycles. The van der Waals surface area contributed by atoms with Crippen LogP contribution in [-0.4, -0.2) is 35.1 Å². The summed E-state index contributed by atoms with van der Waals surface area (Å²) in [6.07, 6.45) is 3.08. The minimum atomic E-state index is -0.487. The van der Waals surface area contributed by atoms with Crippen molar-refractivity contribution in [1.82, 2.24) is 15.3 Å². The van der Waals surface area contributed by atoms with E-state index in [0.29, 0.717) is 17.6 Å². The van der Waals surface area contributed by atoms with Gasteiger partial charge in [-0.25, -0.2) is 14.4 Å². The average Bonchev–Trinajstić information content (AvgIpc) is 3.01. The molecular weight excluding hydrogens is 297 g/mol. The fourth-order valence-corrected chi connectivity index (χ4v) is 2.78. The maximum atomic E-state index is 13.8. The van der Waals surface area contributed by atoms with E-state index in [-0.39, 0.29) is 17.6 Å². The lowest BCUT2D eigenvalue weighted by atomic mass is 10.1. The van der Waals surface area contributed by atoms with Crippen LogP contribution in [0, 0.1) is 19.7 Å². The normalized spacial score (nSPS) is 17.6. The van der Waals surface area contributed by atoms with Crippen molar-refractivity contribution in [1.29, 1.82) is 0 Å². The number of ether oxygens (including phenoxy) is 1. The third-order valence-corrected chi connectivity index (χ3v) is 4.17. The molecule has 1 atom stereocenters. The summed E-state index contributed by atoms with van der Waals surface area (Å²) in [5.74, 6) is -0.815. The number of carbonyl (C=O) groups excluding carboxylic acids is 1. The van der Waals surface area contributed by atoms with Crippen molar-refractivity contribution in [2.24, 2.45) is 0 Å². The first-order valence-corrected chi connectivity index (χ1v) is 7.89. The van der Waals surface area contributed by atoms with Gasteiger partial charge >= 0.3 is 0 Å². The Bertz CT molecular complexity index is 742. The number of amides is 1. The van der Waals surface area contributed by atoms with Crippen LogP contribution in [0.5, 0.6) is 0 Å². The number of nitrogens with one attached hydrogen (secondary N) is 1. The number of rotatable bonds is 4. The van der Waals surface area contributed by atoms with Gasteiger partial charge in [-0.05, 0) is 39.2 Å². The monoisotopic (exact) mass is 317 g/mol. The highest BCUT2D eigenvalue weighted by molar-refractivity contribution is 6.04. The molecule has 1 aromatic heterocycles. The van der Waals surface area contributed by atoms with Gasteiger partial charge in [-0.2, -0.15) is 0 Å². The van der Waals surface area contributed by atoms with Crippen LogP contribution in [0.1, 0.15) is 41.0 Å². The lowest BCUT2D eigenvalue weighted by Gasteiger charge is -2.11. The summed E-state index contributed by atoms with van der Waals surface area (Å²) in [6.45, 7) is 4.93. The minimum absolute atomic E-state index is 0.212. The highest BCUT2D eigenvalue weighted by Crippen LogP contribution is 2.19. The molecule has 1 aliphatic rings. The van der Waals surface area contributed by atoms with Crippen molar-refractivity contribution in [3.8, 4) is 0 Å². The summed E-state index contributed by atoms with van der Waals surface area (Å²) >= 11 is 0. The van der Waals surface area contributed by atoms with Crippen LogP contribution in [0.4, 0.5) is 4.39 Å². The predicted octanol–water partition coefficient (Wildman–Crippen LogP) is 2.68. The van der Waals surface area contributed by atoms with Crippen LogP contribution in [0.25, 0.3) is 11.0 Å². The fraction of sp³-hybridized carbons (Fsp3) is 0.471. The fourth-order valence-electron chi connectivity index (χ4n) is 2.78. The van der Waals surface area contributed by atoms with E-state index in [4.69, 9.17) is 4.74 Å². The van der Waals surface area contributed by atoms with Crippen molar-refractivity contribution in [2.75, 3.05) is 13.2 Å². The van der Waals surface area contributed by atoms with Crippen molar-refractivity contribution >= 4 is 16.9 Å². The molecule has 5 nitrogen and oxygen atoms in total. The standard InChI is InChI=1S/C17H20FN3O2/c1-10-11(2)21-16-14(8-12(18)9-15(16)20-10)17(22)19-6-5-13-4-3-7-23-13/h8-9,13H,3-7H2,1-2H3,(H,19,22)/t13-/m0/s1. The average molecular weight is 317 g/mol. The van der Waals surface area contributed by atoms with E-state index in [1.807, 2.05) is 13.8 Å². The number of carbonyl (C=O) groups is 1. The van der Waals surface area contributed by atoms with E-state index < -0.39 is 5.82 Å². The van der Waals surface area contributed by atoms with Gasteiger partial charge in [-0.15, -0.1) is 0 Å². The maximum Gasteiger partial charge on any atom is 0.253 e. The molecule has 1 aliphatic heterocycles. The van der Waals surface area contributed by atoms with Gasteiger partial charge in [0.2, 0.25) is 0 Å². The van der Waals surface area contributed by atoms with Crippen LogP contribution in [0.3, 0.4) is 0 Å². The summed E-state index contributed by atoms with van der Waals surface area (Å²) in [5.41, 5.74) is 2.52. The lowest BCUT2D eigenvalue weighted by Crippen LogP contribution is -2.27. The molecule has 0 radical (unpaired) electrons. The Hall–Kier alpha value is -2.08. The molecule has 3 rings (SSSR count). The quantitative estimate of drug-likeness (QED) is 0.941. The Balaban J connectivity index is 1.80. The Kier molecular flexibility index (Phi) is 4.52. The summed E-state index contributed by atoms with van der Waals surface area (Å²) in [6, 6.07) is 2.52. The molecular formula is C17H20FN3O2. The molecule has 1 fully saturated rings. The first-order chi connectivity index (χ1) is 11.0. The van der Waals surface area contributed by atoms with Gasteiger partial charge in [0.25, 0.3) is 5.91 Å². The van der Waals surface area contributed by atoms with E-state index >= 15 is 0 Å². The van der Waals surface area contributed by atoms with Gasteiger partial charge in [-0.3, -0.25) is 4.79 Å². The Labute approximate surface area is 134 Å². The molecule has 0 bridgehead atoms. The van der Waals surface area contributed by atoms with Gasteiger partial charge in [-0.1, -0.05) is 0 Å². The van der Waals surface area contributed by atoms with Gasteiger partial charge in [0.15, 0.2) is 0 Å². The molecule has 0 unspecified atom stereocenters. The predicted molar refractivity (Wildman–Crippen MR) is 84.9 cm³/mol. The van der Waals surface area contributed by atoms with E-state index in [2.05, 4.69) is 15.3 Å².